The Hall–Kier alpha value is -1.69. The third-order valence-electron chi connectivity index (χ3n) is 4.68. The molecule has 2 rings (SSSR count). The molecule has 1 fully saturated rings. The lowest BCUT2D eigenvalue weighted by Crippen LogP contribution is -2.42. The Bertz CT molecular complexity index is 652. The lowest BCUT2D eigenvalue weighted by Gasteiger charge is -2.27. The fourth-order valence-electron chi connectivity index (χ4n) is 3.06. The van der Waals surface area contributed by atoms with Crippen molar-refractivity contribution in [3.8, 4) is 0 Å². The number of benzene rings is 1. The Kier molecular flexibility index (Phi) is 7.20. The van der Waals surface area contributed by atoms with Crippen LogP contribution in [-0.4, -0.2) is 53.7 Å². The molecule has 1 aromatic rings. The molecule has 27 heavy (non-hydrogen) atoms. The predicted molar refractivity (Wildman–Crippen MR) is 113 cm³/mol. The smallest absolute Gasteiger partial charge is 0.317 e. The lowest BCUT2D eigenvalue weighted by molar-refractivity contribution is -0.128. The van der Waals surface area contributed by atoms with Crippen LogP contribution in [0.25, 0.3) is 0 Å². The number of amides is 3. The van der Waals surface area contributed by atoms with E-state index in [0.29, 0.717) is 18.8 Å². The number of nitrogens with one attached hydrogen (secondary N) is 1. The highest BCUT2D eigenvalue weighted by atomic mass is 32.2. The Morgan fingerprint density at radius 3 is 2.48 bits per heavy atom. The number of carbonyl (C=O) groups is 2. The zero-order valence-corrected chi connectivity index (χ0v) is 18.2. The molecule has 150 valence electrons. The van der Waals surface area contributed by atoms with E-state index in [1.165, 1.54) is 11.1 Å². The van der Waals surface area contributed by atoms with Gasteiger partial charge in [0.1, 0.15) is 5.37 Å². The van der Waals surface area contributed by atoms with Crippen LogP contribution in [0.2, 0.25) is 0 Å². The molecule has 1 aromatic carbocycles. The van der Waals surface area contributed by atoms with Crippen LogP contribution in [0.15, 0.2) is 24.3 Å². The molecule has 1 atom stereocenters. The Morgan fingerprint density at radius 2 is 1.93 bits per heavy atom. The minimum Gasteiger partial charge on any atom is -0.336 e. The van der Waals surface area contributed by atoms with Crippen molar-refractivity contribution >= 4 is 23.7 Å². The van der Waals surface area contributed by atoms with E-state index in [0.717, 1.165) is 6.42 Å². The van der Waals surface area contributed by atoms with Crippen LogP contribution in [0.5, 0.6) is 0 Å². The first-order chi connectivity index (χ1) is 12.6. The van der Waals surface area contributed by atoms with E-state index in [1.807, 2.05) is 18.7 Å². The molecular formula is C21H33N3O2S. The highest BCUT2D eigenvalue weighted by Gasteiger charge is 2.32. The first-order valence-electron chi connectivity index (χ1n) is 9.62. The number of hydrogen-bond donors (Lipinski definition) is 1. The van der Waals surface area contributed by atoms with E-state index in [4.69, 9.17) is 0 Å². The summed E-state index contributed by atoms with van der Waals surface area (Å²) in [5.41, 5.74) is 2.59. The molecule has 1 aliphatic heterocycles. The van der Waals surface area contributed by atoms with Gasteiger partial charge in [-0.25, -0.2) is 4.79 Å². The standard InChI is InChI=1S/C21H33N3O2S/c1-15(2)22-20(26)23(6)12-7-13-24-18(25)14-27-19(24)16-8-10-17(11-9-16)21(3,4)5/h8-11,15,19H,7,12-14H2,1-6H3,(H,22,26)/t19-/m0/s1. The average Bonchev–Trinajstić information content (AvgIpc) is 2.94. The molecule has 0 bridgehead atoms. The Balaban J connectivity index is 1.95. The third kappa shape index (κ3) is 5.89. The number of urea groups is 1. The van der Waals surface area contributed by atoms with Crippen molar-refractivity contribution < 1.29 is 9.59 Å². The summed E-state index contributed by atoms with van der Waals surface area (Å²) in [4.78, 5) is 28.0. The quantitative estimate of drug-likeness (QED) is 0.797. The molecule has 5 nitrogen and oxygen atoms in total. The zero-order valence-electron chi connectivity index (χ0n) is 17.4. The molecule has 0 unspecified atom stereocenters. The number of hydrogen-bond acceptors (Lipinski definition) is 3. The SMILES string of the molecule is CC(C)NC(=O)N(C)CCCN1C(=O)CS[C@H]1c1ccc(C(C)(C)C)cc1. The van der Waals surface area contributed by atoms with Gasteiger partial charge in [0.05, 0.1) is 5.75 Å². The second-order valence-corrected chi connectivity index (χ2v) is 9.57. The van der Waals surface area contributed by atoms with Gasteiger partial charge >= 0.3 is 6.03 Å². The minimum absolute atomic E-state index is 0.0681. The summed E-state index contributed by atoms with van der Waals surface area (Å²) in [6.07, 6.45) is 0.769. The minimum atomic E-state index is -0.0681. The first-order valence-corrected chi connectivity index (χ1v) is 10.7. The molecule has 1 saturated heterocycles. The molecule has 0 aliphatic carbocycles. The Labute approximate surface area is 167 Å². The van der Waals surface area contributed by atoms with E-state index < -0.39 is 0 Å². The topological polar surface area (TPSA) is 52.7 Å². The highest BCUT2D eigenvalue weighted by molar-refractivity contribution is 8.00. The summed E-state index contributed by atoms with van der Waals surface area (Å²) in [5, 5.41) is 2.95. The summed E-state index contributed by atoms with van der Waals surface area (Å²) < 4.78 is 0. The largest absolute Gasteiger partial charge is 0.336 e. The van der Waals surface area contributed by atoms with Crippen molar-refractivity contribution in [1.82, 2.24) is 15.1 Å². The van der Waals surface area contributed by atoms with E-state index in [2.05, 4.69) is 50.4 Å². The van der Waals surface area contributed by atoms with Crippen molar-refractivity contribution in [2.75, 3.05) is 25.9 Å². The summed E-state index contributed by atoms with van der Waals surface area (Å²) in [6.45, 7) is 11.8. The fraction of sp³-hybridized carbons (Fsp3) is 0.619. The second kappa shape index (κ2) is 9.00. The monoisotopic (exact) mass is 391 g/mol. The van der Waals surface area contributed by atoms with Gasteiger partial charge in [-0.15, -0.1) is 11.8 Å². The molecule has 1 N–H and O–H groups in total. The molecule has 6 heteroatoms. The maximum atomic E-state index is 12.4. The van der Waals surface area contributed by atoms with Gasteiger partial charge in [-0.1, -0.05) is 45.0 Å². The van der Waals surface area contributed by atoms with Gasteiger partial charge in [-0.3, -0.25) is 4.79 Å². The summed E-state index contributed by atoms with van der Waals surface area (Å²) in [5.74, 6) is 0.703. The van der Waals surface area contributed by atoms with Crippen LogP contribution >= 0.6 is 11.8 Å². The van der Waals surface area contributed by atoms with Crippen LogP contribution < -0.4 is 5.32 Å². The summed E-state index contributed by atoms with van der Waals surface area (Å²) in [7, 11) is 1.79. The number of thioether (sulfide) groups is 1. The van der Waals surface area contributed by atoms with Gasteiger partial charge in [-0.2, -0.15) is 0 Å². The number of nitrogens with zero attached hydrogens (tertiary/aromatic N) is 2. The van der Waals surface area contributed by atoms with Crippen LogP contribution in [0.4, 0.5) is 4.79 Å². The van der Waals surface area contributed by atoms with Gasteiger partial charge in [0, 0.05) is 26.2 Å². The van der Waals surface area contributed by atoms with Gasteiger partial charge < -0.3 is 15.1 Å². The molecule has 0 spiro atoms. The van der Waals surface area contributed by atoms with Gasteiger partial charge in [-0.05, 0) is 36.8 Å². The van der Waals surface area contributed by atoms with Crippen LogP contribution in [0.1, 0.15) is 57.5 Å². The van der Waals surface area contributed by atoms with E-state index in [1.54, 1.807) is 23.7 Å². The molecule has 0 aromatic heterocycles. The third-order valence-corrected chi connectivity index (χ3v) is 5.94. The lowest BCUT2D eigenvalue weighted by atomic mass is 9.86. The van der Waals surface area contributed by atoms with Crippen LogP contribution in [-0.2, 0) is 10.2 Å². The molecule has 0 saturated carbocycles. The number of rotatable bonds is 6. The van der Waals surface area contributed by atoms with Crippen molar-refractivity contribution in [2.45, 2.75) is 57.9 Å². The fourth-order valence-corrected chi connectivity index (χ4v) is 4.28. The van der Waals surface area contributed by atoms with Crippen molar-refractivity contribution in [3.05, 3.63) is 35.4 Å². The van der Waals surface area contributed by atoms with Crippen molar-refractivity contribution in [1.29, 1.82) is 0 Å². The van der Waals surface area contributed by atoms with Crippen molar-refractivity contribution in [2.24, 2.45) is 0 Å². The van der Waals surface area contributed by atoms with Crippen LogP contribution in [0.3, 0.4) is 0 Å². The van der Waals surface area contributed by atoms with E-state index >= 15 is 0 Å². The molecule has 0 radical (unpaired) electrons. The molecule has 1 aliphatic rings. The number of carbonyl (C=O) groups excluding carboxylic acids is 2. The predicted octanol–water partition coefficient (Wildman–Crippen LogP) is 4.00. The molecular weight excluding hydrogens is 358 g/mol. The zero-order chi connectivity index (χ0) is 20.2. The van der Waals surface area contributed by atoms with Gasteiger partial charge in [0.25, 0.3) is 0 Å². The first kappa shape index (κ1) is 21.6. The van der Waals surface area contributed by atoms with E-state index in [9.17, 15) is 9.59 Å². The molecule has 3 amide bonds. The second-order valence-electron chi connectivity index (χ2n) is 8.50. The maximum Gasteiger partial charge on any atom is 0.317 e. The van der Waals surface area contributed by atoms with Crippen molar-refractivity contribution in [3.63, 3.8) is 0 Å². The van der Waals surface area contributed by atoms with Gasteiger partial charge in [0.2, 0.25) is 5.91 Å². The highest BCUT2D eigenvalue weighted by Crippen LogP contribution is 2.39. The summed E-state index contributed by atoms with van der Waals surface area (Å²) >= 11 is 1.68. The normalized spacial score (nSPS) is 17.5. The Morgan fingerprint density at radius 1 is 1.30 bits per heavy atom. The van der Waals surface area contributed by atoms with E-state index in [-0.39, 0.29) is 28.8 Å². The average molecular weight is 392 g/mol. The molecule has 1 heterocycles. The summed E-state index contributed by atoms with van der Waals surface area (Å²) in [6, 6.07) is 8.68. The maximum absolute atomic E-state index is 12.4. The van der Waals surface area contributed by atoms with Gasteiger partial charge in [0.15, 0.2) is 0 Å². The van der Waals surface area contributed by atoms with Crippen LogP contribution in [0, 0.1) is 0 Å².